The molecule has 0 aliphatic rings. The molecule has 20 heavy (non-hydrogen) atoms. The number of ether oxygens (including phenoxy) is 1. The number of nitrogens with zero attached hydrogens (tertiary/aromatic N) is 3. The Balaban J connectivity index is 3.27. The molecule has 1 aromatic rings. The van der Waals surface area contributed by atoms with Gasteiger partial charge in [0.25, 0.3) is 0 Å². The van der Waals surface area contributed by atoms with Gasteiger partial charge in [0.05, 0.1) is 12.7 Å². The molecule has 0 radical (unpaired) electrons. The van der Waals surface area contributed by atoms with Crippen molar-refractivity contribution in [2.75, 3.05) is 7.11 Å². The van der Waals surface area contributed by atoms with E-state index in [0.29, 0.717) is 6.07 Å². The molecule has 0 N–H and O–H groups in total. The lowest BCUT2D eigenvalue weighted by molar-refractivity contribution is -0.138. The average Bonchev–Trinajstić information content (AvgIpc) is 2.38. The normalized spacial score (nSPS) is 11.8. The summed E-state index contributed by atoms with van der Waals surface area (Å²) in [4.78, 5) is 13.7. The molecule has 0 fully saturated rings. The van der Waals surface area contributed by atoms with Crippen LogP contribution >= 0.6 is 11.6 Å². The summed E-state index contributed by atoms with van der Waals surface area (Å²) in [5, 5.41) is 2.85. The third-order valence-corrected chi connectivity index (χ3v) is 2.49. The van der Waals surface area contributed by atoms with Crippen LogP contribution in [0.15, 0.2) is 29.0 Å². The lowest BCUT2D eigenvalue weighted by atomic mass is 10.1. The Morgan fingerprint density at radius 2 is 2.15 bits per heavy atom. The van der Waals surface area contributed by atoms with Gasteiger partial charge >= 0.3 is 12.1 Å². The third-order valence-electron chi connectivity index (χ3n) is 2.17. The Kier molecular flexibility index (Phi) is 5.01. The van der Waals surface area contributed by atoms with Gasteiger partial charge in [-0.1, -0.05) is 22.8 Å². The monoisotopic (exact) mass is 305 g/mol. The van der Waals surface area contributed by atoms with Gasteiger partial charge < -0.3 is 4.74 Å². The highest BCUT2D eigenvalue weighted by atomic mass is 35.5. The summed E-state index contributed by atoms with van der Waals surface area (Å²) >= 11 is 5.70. The van der Waals surface area contributed by atoms with E-state index < -0.39 is 23.4 Å². The first-order chi connectivity index (χ1) is 9.29. The number of benzene rings is 1. The van der Waals surface area contributed by atoms with E-state index in [4.69, 9.17) is 17.1 Å². The minimum atomic E-state index is -4.53. The third kappa shape index (κ3) is 3.91. The summed E-state index contributed by atoms with van der Waals surface area (Å²) in [7, 11) is 1.07. The van der Waals surface area contributed by atoms with Crippen molar-refractivity contribution in [2.45, 2.75) is 6.18 Å². The highest BCUT2D eigenvalue weighted by Gasteiger charge is 2.30. The molecule has 0 amide bonds. The molecule has 0 bridgehead atoms. The van der Waals surface area contributed by atoms with Crippen LogP contribution in [0.2, 0.25) is 5.02 Å². The van der Waals surface area contributed by atoms with E-state index >= 15 is 0 Å². The standard InChI is InChI=1S/C11H7ClF3N3O2/c1-20-10(19)9(17-18-16)4-6-2-3-7(5-8(6)12)11(13,14)15/h2-5H,1H3/b9-4-. The van der Waals surface area contributed by atoms with Gasteiger partial charge in [-0.3, -0.25) is 0 Å². The highest BCUT2D eigenvalue weighted by Crippen LogP contribution is 2.32. The Morgan fingerprint density at radius 1 is 1.50 bits per heavy atom. The number of methoxy groups -OCH3 is 1. The van der Waals surface area contributed by atoms with Gasteiger partial charge in [0, 0.05) is 9.93 Å². The van der Waals surface area contributed by atoms with E-state index in [0.717, 1.165) is 25.3 Å². The van der Waals surface area contributed by atoms with E-state index in [1.165, 1.54) is 0 Å². The van der Waals surface area contributed by atoms with E-state index in [1.54, 1.807) is 0 Å². The minimum absolute atomic E-state index is 0.0902. The Hall–Kier alpha value is -2.18. The van der Waals surface area contributed by atoms with Crippen molar-refractivity contribution in [2.24, 2.45) is 5.11 Å². The van der Waals surface area contributed by atoms with Crippen LogP contribution < -0.4 is 0 Å². The first kappa shape index (κ1) is 15.9. The Morgan fingerprint density at radius 3 is 2.60 bits per heavy atom. The number of alkyl halides is 3. The van der Waals surface area contributed by atoms with Crippen LogP contribution in [0.1, 0.15) is 11.1 Å². The van der Waals surface area contributed by atoms with E-state index in [-0.39, 0.29) is 10.6 Å². The predicted octanol–water partition coefficient (Wildman–Crippen LogP) is 4.18. The first-order valence-electron chi connectivity index (χ1n) is 5.01. The fourth-order valence-corrected chi connectivity index (χ4v) is 1.48. The summed E-state index contributed by atoms with van der Waals surface area (Å²) in [6, 6.07) is 2.56. The zero-order chi connectivity index (χ0) is 15.3. The van der Waals surface area contributed by atoms with Gasteiger partial charge in [-0.25, -0.2) is 4.79 Å². The van der Waals surface area contributed by atoms with Crippen molar-refractivity contribution in [1.82, 2.24) is 0 Å². The molecule has 0 spiro atoms. The predicted molar refractivity (Wildman–Crippen MR) is 65.6 cm³/mol. The van der Waals surface area contributed by atoms with Crippen LogP contribution in [0, 0.1) is 0 Å². The summed E-state index contributed by atoms with van der Waals surface area (Å²) < 4.78 is 41.7. The molecule has 0 aliphatic heterocycles. The lowest BCUT2D eigenvalue weighted by Crippen LogP contribution is -2.05. The average molecular weight is 306 g/mol. The largest absolute Gasteiger partial charge is 0.466 e. The van der Waals surface area contributed by atoms with Crippen molar-refractivity contribution < 1.29 is 22.7 Å². The maximum absolute atomic E-state index is 12.5. The smallest absolute Gasteiger partial charge is 0.416 e. The van der Waals surface area contributed by atoms with Gasteiger partial charge in [0.1, 0.15) is 5.70 Å². The maximum atomic E-state index is 12.5. The number of esters is 1. The fourth-order valence-electron chi connectivity index (χ4n) is 1.25. The van der Waals surface area contributed by atoms with Crippen LogP contribution in [0.4, 0.5) is 13.2 Å². The van der Waals surface area contributed by atoms with Gasteiger partial charge in [0.15, 0.2) is 0 Å². The SMILES string of the molecule is COC(=O)/C(=C/c1ccc(C(F)(F)F)cc1Cl)N=[N+]=[N-]. The molecule has 9 heteroatoms. The van der Waals surface area contributed by atoms with E-state index in [1.807, 2.05) is 0 Å². The second-order valence-electron chi connectivity index (χ2n) is 3.44. The molecular weight excluding hydrogens is 299 g/mol. The Labute approximate surface area is 116 Å². The van der Waals surface area contributed by atoms with Crippen LogP contribution in [-0.2, 0) is 15.7 Å². The number of halogens is 4. The fraction of sp³-hybridized carbons (Fsp3) is 0.182. The summed E-state index contributed by atoms with van der Waals surface area (Å²) in [5.41, 5.74) is 7.05. The molecular formula is C11H7ClF3N3O2. The molecule has 0 unspecified atom stereocenters. The first-order valence-corrected chi connectivity index (χ1v) is 5.39. The zero-order valence-electron chi connectivity index (χ0n) is 9.98. The molecule has 0 aromatic heterocycles. The van der Waals surface area contributed by atoms with Crippen molar-refractivity contribution in [3.63, 3.8) is 0 Å². The van der Waals surface area contributed by atoms with Crippen LogP contribution in [0.3, 0.4) is 0 Å². The number of hydrogen-bond acceptors (Lipinski definition) is 3. The molecule has 0 saturated carbocycles. The minimum Gasteiger partial charge on any atom is -0.466 e. The quantitative estimate of drug-likeness (QED) is 0.276. The second kappa shape index (κ2) is 6.31. The zero-order valence-corrected chi connectivity index (χ0v) is 10.7. The van der Waals surface area contributed by atoms with Crippen LogP contribution in [-0.4, -0.2) is 13.1 Å². The number of rotatable bonds is 3. The van der Waals surface area contributed by atoms with Crippen LogP contribution in [0.5, 0.6) is 0 Å². The topological polar surface area (TPSA) is 75.1 Å². The van der Waals surface area contributed by atoms with Crippen LogP contribution in [0.25, 0.3) is 16.5 Å². The molecule has 1 rings (SSSR count). The molecule has 0 aliphatic carbocycles. The van der Waals surface area contributed by atoms with Crippen molar-refractivity contribution >= 4 is 23.6 Å². The summed E-state index contributed by atoms with van der Waals surface area (Å²) in [6.07, 6.45) is -3.49. The van der Waals surface area contributed by atoms with Gasteiger partial charge in [-0.05, 0) is 29.3 Å². The highest BCUT2D eigenvalue weighted by molar-refractivity contribution is 6.32. The number of azide groups is 1. The Bertz CT molecular complexity index is 607. The number of carbonyl (C=O) groups excluding carboxylic acids is 1. The molecule has 0 heterocycles. The van der Waals surface area contributed by atoms with Crippen molar-refractivity contribution in [1.29, 1.82) is 0 Å². The molecule has 1 aromatic carbocycles. The van der Waals surface area contributed by atoms with Crippen molar-refractivity contribution in [3.05, 3.63) is 50.5 Å². The summed E-state index contributed by atoms with van der Waals surface area (Å²) in [5.74, 6) is -0.932. The number of hydrogen-bond donors (Lipinski definition) is 0. The lowest BCUT2D eigenvalue weighted by Gasteiger charge is -2.08. The molecule has 5 nitrogen and oxygen atoms in total. The van der Waals surface area contributed by atoms with Crippen molar-refractivity contribution in [3.8, 4) is 0 Å². The van der Waals surface area contributed by atoms with E-state index in [9.17, 15) is 18.0 Å². The molecule has 0 saturated heterocycles. The van der Waals surface area contributed by atoms with E-state index in [2.05, 4.69) is 14.8 Å². The maximum Gasteiger partial charge on any atom is 0.416 e. The second-order valence-corrected chi connectivity index (χ2v) is 3.85. The van der Waals surface area contributed by atoms with Gasteiger partial charge in [-0.2, -0.15) is 13.2 Å². The van der Waals surface area contributed by atoms with Gasteiger partial charge in [0.2, 0.25) is 0 Å². The molecule has 106 valence electrons. The van der Waals surface area contributed by atoms with Gasteiger partial charge in [-0.15, -0.1) is 0 Å². The summed E-state index contributed by atoms with van der Waals surface area (Å²) in [6.45, 7) is 0. The number of carbonyl (C=O) groups is 1. The molecule has 0 atom stereocenters.